The van der Waals surface area contributed by atoms with Crippen molar-refractivity contribution in [2.75, 3.05) is 6.61 Å². The van der Waals surface area contributed by atoms with Crippen LogP contribution in [0, 0.1) is 22.7 Å². The van der Waals surface area contributed by atoms with Crippen LogP contribution in [0.3, 0.4) is 0 Å². The Morgan fingerprint density at radius 3 is 2.75 bits per heavy atom. The fourth-order valence-electron chi connectivity index (χ4n) is 4.33. The topological polar surface area (TPSA) is 90.4 Å². The lowest BCUT2D eigenvalue weighted by molar-refractivity contribution is -0.137. The molecule has 0 aromatic carbocycles. The summed E-state index contributed by atoms with van der Waals surface area (Å²) in [6.45, 7) is 0.0781. The van der Waals surface area contributed by atoms with Gasteiger partial charge >= 0.3 is 0 Å². The monoisotopic (exact) mass is 277 g/mol. The molecular weight excluding hydrogens is 254 g/mol. The number of hydrogen-bond acceptors (Lipinski definition) is 4. The normalized spacial score (nSPS) is 35.5. The fraction of sp³-hybridized carbons (Fsp3) is 0.867. The smallest absolute Gasteiger partial charge is 0.241 e. The van der Waals surface area contributed by atoms with Crippen LogP contribution in [0.1, 0.15) is 44.9 Å². The number of nitrogens with two attached hydrogens (primary N) is 1. The average Bonchev–Trinajstić information content (AvgIpc) is 2.90. The molecule has 3 aliphatic rings. The molecule has 4 unspecified atom stereocenters. The molecule has 0 spiro atoms. The summed E-state index contributed by atoms with van der Waals surface area (Å²) < 4.78 is 0. The van der Waals surface area contributed by atoms with Crippen molar-refractivity contribution in [3.63, 3.8) is 0 Å². The minimum absolute atomic E-state index is 0.0584. The van der Waals surface area contributed by atoms with Gasteiger partial charge in [0.25, 0.3) is 0 Å². The van der Waals surface area contributed by atoms with Gasteiger partial charge in [-0.3, -0.25) is 4.79 Å². The first-order valence-electron chi connectivity index (χ1n) is 7.71. The maximum absolute atomic E-state index is 12.8. The van der Waals surface area contributed by atoms with Crippen molar-refractivity contribution in [2.45, 2.75) is 63.1 Å². The van der Waals surface area contributed by atoms with E-state index in [1.54, 1.807) is 4.90 Å². The Balaban J connectivity index is 1.77. The van der Waals surface area contributed by atoms with E-state index in [1.165, 1.54) is 0 Å². The first-order chi connectivity index (χ1) is 9.63. The molecule has 0 aromatic rings. The number of likely N-dealkylation sites (tertiary alicyclic amines) is 1. The highest BCUT2D eigenvalue weighted by molar-refractivity contribution is 5.84. The molecule has 0 aromatic heterocycles. The molecule has 1 saturated heterocycles. The van der Waals surface area contributed by atoms with Gasteiger partial charge in [-0.15, -0.1) is 0 Å². The molecule has 5 heteroatoms. The number of hydrogen-bond donors (Lipinski definition) is 2. The van der Waals surface area contributed by atoms with Gasteiger partial charge in [0.05, 0.1) is 12.1 Å². The second-order valence-corrected chi connectivity index (χ2v) is 6.71. The van der Waals surface area contributed by atoms with Crippen LogP contribution < -0.4 is 5.73 Å². The summed E-state index contributed by atoms with van der Waals surface area (Å²) in [5, 5.41) is 18.5. The summed E-state index contributed by atoms with van der Waals surface area (Å²) in [6, 6.07) is 1.65. The Hall–Kier alpha value is -1.12. The Labute approximate surface area is 119 Å². The number of fused-ring (bicyclic) bond motifs is 1. The lowest BCUT2D eigenvalue weighted by Gasteiger charge is -2.37. The summed E-state index contributed by atoms with van der Waals surface area (Å²) in [7, 11) is 0. The van der Waals surface area contributed by atoms with Crippen LogP contribution in [0.2, 0.25) is 0 Å². The second kappa shape index (κ2) is 5.01. The molecule has 110 valence electrons. The van der Waals surface area contributed by atoms with E-state index < -0.39 is 6.04 Å². The summed E-state index contributed by atoms with van der Waals surface area (Å²) in [4.78, 5) is 14.5. The maximum Gasteiger partial charge on any atom is 0.241 e. The van der Waals surface area contributed by atoms with Crippen LogP contribution in [0.4, 0.5) is 0 Å². The first-order valence-corrected chi connectivity index (χ1v) is 7.71. The van der Waals surface area contributed by atoms with Crippen LogP contribution in [0.15, 0.2) is 0 Å². The summed E-state index contributed by atoms with van der Waals surface area (Å²) >= 11 is 0. The maximum atomic E-state index is 12.8. The van der Waals surface area contributed by atoms with E-state index in [-0.39, 0.29) is 30.0 Å². The zero-order valence-electron chi connectivity index (χ0n) is 11.8. The van der Waals surface area contributed by atoms with Crippen LogP contribution >= 0.6 is 0 Å². The van der Waals surface area contributed by atoms with Crippen molar-refractivity contribution < 1.29 is 9.90 Å². The van der Waals surface area contributed by atoms with Gasteiger partial charge in [0, 0.05) is 12.6 Å². The number of carbonyl (C=O) groups excluding carboxylic acids is 1. The summed E-state index contributed by atoms with van der Waals surface area (Å²) in [5.41, 5.74) is 6.06. The number of aliphatic hydroxyl groups is 1. The number of piperidine rings is 1. The summed E-state index contributed by atoms with van der Waals surface area (Å²) in [6.07, 6.45) is 6.43. The van der Waals surface area contributed by atoms with Crippen molar-refractivity contribution in [1.29, 1.82) is 5.26 Å². The third-order valence-electron chi connectivity index (χ3n) is 5.64. The number of rotatable bonds is 4. The highest BCUT2D eigenvalue weighted by atomic mass is 16.3. The number of nitriles is 1. The van der Waals surface area contributed by atoms with Crippen molar-refractivity contribution in [3.05, 3.63) is 0 Å². The molecule has 20 heavy (non-hydrogen) atoms. The van der Waals surface area contributed by atoms with Crippen LogP contribution in [0.5, 0.6) is 0 Å². The van der Waals surface area contributed by atoms with Crippen molar-refractivity contribution in [1.82, 2.24) is 4.90 Å². The second-order valence-electron chi connectivity index (χ2n) is 6.71. The third-order valence-corrected chi connectivity index (χ3v) is 5.64. The molecule has 1 heterocycles. The standard InChI is InChI=1S/C15H23N3O2/c16-9-11-7-10-8-12(10)18(11)14(20)13(17)15(5-6-19)3-1-2-4-15/h10-13,19H,1-8,17H2. The lowest BCUT2D eigenvalue weighted by Crippen LogP contribution is -2.54. The Morgan fingerprint density at radius 2 is 2.15 bits per heavy atom. The summed E-state index contributed by atoms with van der Waals surface area (Å²) in [5.74, 6) is 0.463. The lowest BCUT2D eigenvalue weighted by atomic mass is 9.75. The van der Waals surface area contributed by atoms with Gasteiger partial charge in [-0.25, -0.2) is 0 Å². The molecular formula is C15H23N3O2. The zero-order chi connectivity index (χ0) is 14.3. The van der Waals surface area contributed by atoms with Gasteiger partial charge in [-0.2, -0.15) is 5.26 Å². The van der Waals surface area contributed by atoms with E-state index in [2.05, 4.69) is 6.07 Å². The molecule has 1 amide bonds. The highest BCUT2D eigenvalue weighted by Gasteiger charge is 2.56. The quantitative estimate of drug-likeness (QED) is 0.794. The molecule has 3 fully saturated rings. The zero-order valence-corrected chi connectivity index (χ0v) is 11.8. The highest BCUT2D eigenvalue weighted by Crippen LogP contribution is 2.50. The Morgan fingerprint density at radius 1 is 1.45 bits per heavy atom. The Kier molecular flexibility index (Phi) is 3.47. The van der Waals surface area contributed by atoms with E-state index in [0.29, 0.717) is 12.3 Å². The molecule has 0 bridgehead atoms. The largest absolute Gasteiger partial charge is 0.396 e. The predicted octanol–water partition coefficient (Wildman–Crippen LogP) is 0.769. The Bertz CT molecular complexity index is 439. The van der Waals surface area contributed by atoms with E-state index >= 15 is 0 Å². The van der Waals surface area contributed by atoms with Crippen molar-refractivity contribution in [3.8, 4) is 6.07 Å². The third kappa shape index (κ3) is 2.02. The van der Waals surface area contributed by atoms with Gasteiger partial charge in [-0.05, 0) is 43.4 Å². The molecule has 4 atom stereocenters. The van der Waals surface area contributed by atoms with E-state index in [4.69, 9.17) is 5.73 Å². The predicted molar refractivity (Wildman–Crippen MR) is 73.3 cm³/mol. The van der Waals surface area contributed by atoms with Crippen molar-refractivity contribution >= 4 is 5.91 Å². The van der Waals surface area contributed by atoms with Gasteiger partial charge < -0.3 is 15.7 Å². The fourth-order valence-corrected chi connectivity index (χ4v) is 4.33. The molecule has 3 N–H and O–H groups in total. The van der Waals surface area contributed by atoms with Gasteiger partial charge in [0.2, 0.25) is 5.91 Å². The van der Waals surface area contributed by atoms with Gasteiger partial charge in [0.1, 0.15) is 6.04 Å². The first kappa shape index (κ1) is 13.8. The van der Waals surface area contributed by atoms with Gasteiger partial charge in [0.15, 0.2) is 0 Å². The minimum atomic E-state index is -0.563. The van der Waals surface area contributed by atoms with E-state index in [0.717, 1.165) is 38.5 Å². The van der Waals surface area contributed by atoms with Gasteiger partial charge in [-0.1, -0.05) is 12.8 Å². The number of amides is 1. The van der Waals surface area contributed by atoms with Crippen LogP contribution in [-0.2, 0) is 4.79 Å². The van der Waals surface area contributed by atoms with E-state index in [9.17, 15) is 15.2 Å². The minimum Gasteiger partial charge on any atom is -0.396 e. The van der Waals surface area contributed by atoms with Crippen LogP contribution in [-0.4, -0.2) is 40.6 Å². The SMILES string of the molecule is N#CC1CC2CC2N1C(=O)C(N)C1(CCO)CCCC1. The molecule has 5 nitrogen and oxygen atoms in total. The average molecular weight is 277 g/mol. The molecule has 1 aliphatic heterocycles. The molecule has 2 aliphatic carbocycles. The molecule has 3 rings (SSSR count). The molecule has 2 saturated carbocycles. The number of nitrogens with zero attached hydrogens (tertiary/aromatic N) is 2. The van der Waals surface area contributed by atoms with E-state index in [1.807, 2.05) is 0 Å². The number of aliphatic hydroxyl groups excluding tert-OH is 1. The van der Waals surface area contributed by atoms with Crippen LogP contribution in [0.25, 0.3) is 0 Å². The van der Waals surface area contributed by atoms with Crippen molar-refractivity contribution in [2.24, 2.45) is 17.1 Å². The molecule has 0 radical (unpaired) electrons. The number of carbonyl (C=O) groups is 1.